The fourth-order valence-electron chi connectivity index (χ4n) is 2.12. The van der Waals surface area contributed by atoms with Crippen molar-refractivity contribution >= 4 is 5.78 Å². The van der Waals surface area contributed by atoms with E-state index in [1.54, 1.807) is 0 Å². The monoisotopic (exact) mass is 200 g/mol. The summed E-state index contributed by atoms with van der Waals surface area (Å²) in [5, 5.41) is 0. The maximum Gasteiger partial charge on any atom is 0.188 e. The number of benzene rings is 1. The second kappa shape index (κ2) is 4.01. The molecule has 0 amide bonds. The summed E-state index contributed by atoms with van der Waals surface area (Å²) in [6.07, 6.45) is 5.23. The average molecular weight is 200 g/mol. The lowest BCUT2D eigenvalue weighted by atomic mass is 9.97. The van der Waals surface area contributed by atoms with E-state index in [1.165, 1.54) is 5.56 Å². The lowest BCUT2D eigenvalue weighted by Gasteiger charge is -2.06. The zero-order valence-corrected chi connectivity index (χ0v) is 9.34. The number of Topliss-reactive ketones (excluding diaryl/α,β-unsaturated/α-hetero) is 1. The van der Waals surface area contributed by atoms with Gasteiger partial charge in [-0.15, -0.1) is 0 Å². The molecular formula is C14H16O. The zero-order chi connectivity index (χ0) is 10.8. The van der Waals surface area contributed by atoms with Gasteiger partial charge in [-0.1, -0.05) is 29.8 Å². The highest BCUT2D eigenvalue weighted by atomic mass is 16.1. The van der Waals surface area contributed by atoms with Crippen LogP contribution in [0.25, 0.3) is 0 Å². The van der Waals surface area contributed by atoms with Crippen molar-refractivity contribution in [1.29, 1.82) is 0 Å². The summed E-state index contributed by atoms with van der Waals surface area (Å²) in [6.45, 7) is 4.06. The van der Waals surface area contributed by atoms with Crippen molar-refractivity contribution in [2.24, 2.45) is 0 Å². The Bertz CT molecular complexity index is 427. The van der Waals surface area contributed by atoms with Crippen LogP contribution in [0.4, 0.5) is 0 Å². The summed E-state index contributed by atoms with van der Waals surface area (Å²) >= 11 is 0. The summed E-state index contributed by atoms with van der Waals surface area (Å²) in [5.74, 6) is 0.227. The molecule has 1 heteroatoms. The predicted molar refractivity (Wildman–Crippen MR) is 62.2 cm³/mol. The summed E-state index contributed by atoms with van der Waals surface area (Å²) < 4.78 is 0. The van der Waals surface area contributed by atoms with Gasteiger partial charge in [-0.05, 0) is 44.2 Å². The third-order valence-corrected chi connectivity index (χ3v) is 2.96. The highest BCUT2D eigenvalue weighted by Gasteiger charge is 2.16. The fourth-order valence-corrected chi connectivity index (χ4v) is 2.12. The van der Waals surface area contributed by atoms with Gasteiger partial charge < -0.3 is 0 Å². The van der Waals surface area contributed by atoms with E-state index in [0.29, 0.717) is 0 Å². The van der Waals surface area contributed by atoms with Gasteiger partial charge in [0.25, 0.3) is 0 Å². The van der Waals surface area contributed by atoms with Crippen molar-refractivity contribution < 1.29 is 4.79 Å². The topological polar surface area (TPSA) is 17.1 Å². The van der Waals surface area contributed by atoms with Crippen LogP contribution in [0.15, 0.2) is 29.8 Å². The van der Waals surface area contributed by atoms with Gasteiger partial charge in [0.05, 0.1) is 0 Å². The summed E-state index contributed by atoms with van der Waals surface area (Å²) in [5.41, 5.74) is 4.17. The first-order valence-electron chi connectivity index (χ1n) is 5.49. The van der Waals surface area contributed by atoms with Gasteiger partial charge in [0.15, 0.2) is 5.78 Å². The molecule has 2 rings (SSSR count). The number of allylic oxidation sites excluding steroid dienone is 2. The molecule has 1 aromatic carbocycles. The van der Waals surface area contributed by atoms with Crippen LogP contribution in [0.1, 0.15) is 40.7 Å². The van der Waals surface area contributed by atoms with E-state index in [2.05, 4.69) is 19.1 Å². The number of carbonyl (C=O) groups excluding carboxylic acids is 1. The molecule has 0 radical (unpaired) electrons. The number of ketones is 1. The van der Waals surface area contributed by atoms with Gasteiger partial charge in [0.2, 0.25) is 0 Å². The first kappa shape index (κ1) is 10.2. The molecule has 0 saturated carbocycles. The summed E-state index contributed by atoms with van der Waals surface area (Å²) in [6, 6.07) is 6.03. The van der Waals surface area contributed by atoms with Crippen molar-refractivity contribution in [2.45, 2.75) is 33.1 Å². The van der Waals surface area contributed by atoms with E-state index in [1.807, 2.05) is 19.1 Å². The maximum absolute atomic E-state index is 12.1. The molecule has 0 atom stereocenters. The fraction of sp³-hybridized carbons (Fsp3) is 0.357. The Kier molecular flexibility index (Phi) is 2.72. The largest absolute Gasteiger partial charge is 0.289 e. The Hall–Kier alpha value is -1.37. The molecule has 0 bridgehead atoms. The van der Waals surface area contributed by atoms with Crippen LogP contribution in [0.2, 0.25) is 0 Å². The highest BCUT2D eigenvalue weighted by Crippen LogP contribution is 2.23. The molecule has 0 fully saturated rings. The predicted octanol–water partition coefficient (Wildman–Crippen LogP) is 3.60. The molecule has 1 aromatic rings. The Balaban J connectivity index is 2.33. The van der Waals surface area contributed by atoms with Gasteiger partial charge in [0.1, 0.15) is 0 Å². The zero-order valence-electron chi connectivity index (χ0n) is 9.34. The highest BCUT2D eigenvalue weighted by molar-refractivity contribution is 6.09. The van der Waals surface area contributed by atoms with E-state index in [9.17, 15) is 4.79 Å². The molecule has 1 aliphatic carbocycles. The molecule has 1 aliphatic rings. The Morgan fingerprint density at radius 2 is 2.07 bits per heavy atom. The van der Waals surface area contributed by atoms with Crippen molar-refractivity contribution in [1.82, 2.24) is 0 Å². The van der Waals surface area contributed by atoms with E-state index in [0.717, 1.165) is 36.0 Å². The van der Waals surface area contributed by atoms with E-state index >= 15 is 0 Å². The molecule has 1 nitrogen and oxygen atoms in total. The third-order valence-electron chi connectivity index (χ3n) is 2.96. The number of rotatable bonds is 2. The lowest BCUT2D eigenvalue weighted by molar-refractivity contribution is 0.103. The van der Waals surface area contributed by atoms with E-state index < -0.39 is 0 Å². The van der Waals surface area contributed by atoms with Crippen LogP contribution < -0.4 is 0 Å². The average Bonchev–Trinajstić information content (AvgIpc) is 2.69. The molecular weight excluding hydrogens is 184 g/mol. The molecule has 0 spiro atoms. The van der Waals surface area contributed by atoms with Gasteiger partial charge in [-0.25, -0.2) is 0 Å². The standard InChI is InChI=1S/C14H16O/c1-10-7-8-13(11(2)9-10)14(15)12-5-3-4-6-12/h5,7-9H,3-4,6H2,1-2H3. The van der Waals surface area contributed by atoms with Crippen LogP contribution >= 0.6 is 0 Å². The number of aryl methyl sites for hydroxylation is 2. The minimum absolute atomic E-state index is 0.227. The third kappa shape index (κ3) is 2.01. The molecule has 78 valence electrons. The first-order chi connectivity index (χ1) is 7.18. The number of hydrogen-bond acceptors (Lipinski definition) is 1. The minimum atomic E-state index is 0.227. The van der Waals surface area contributed by atoms with Gasteiger partial charge in [-0.3, -0.25) is 4.79 Å². The summed E-state index contributed by atoms with van der Waals surface area (Å²) in [4.78, 5) is 12.1. The normalized spacial score (nSPS) is 15.2. The van der Waals surface area contributed by atoms with Crippen molar-refractivity contribution in [2.75, 3.05) is 0 Å². The Labute approximate surface area is 90.8 Å². The van der Waals surface area contributed by atoms with Gasteiger partial charge in [-0.2, -0.15) is 0 Å². The molecule has 0 aliphatic heterocycles. The van der Waals surface area contributed by atoms with Crippen molar-refractivity contribution in [3.63, 3.8) is 0 Å². The second-order valence-electron chi connectivity index (χ2n) is 4.27. The van der Waals surface area contributed by atoms with E-state index in [4.69, 9.17) is 0 Å². The quantitative estimate of drug-likeness (QED) is 0.667. The minimum Gasteiger partial charge on any atom is -0.289 e. The van der Waals surface area contributed by atoms with Crippen LogP contribution in [0, 0.1) is 13.8 Å². The molecule has 15 heavy (non-hydrogen) atoms. The molecule has 0 aromatic heterocycles. The first-order valence-corrected chi connectivity index (χ1v) is 5.49. The Morgan fingerprint density at radius 1 is 1.27 bits per heavy atom. The van der Waals surface area contributed by atoms with Crippen molar-refractivity contribution in [3.05, 3.63) is 46.5 Å². The van der Waals surface area contributed by atoms with Crippen LogP contribution in [-0.4, -0.2) is 5.78 Å². The van der Waals surface area contributed by atoms with Crippen LogP contribution in [-0.2, 0) is 0 Å². The molecule has 0 N–H and O–H groups in total. The lowest BCUT2D eigenvalue weighted by Crippen LogP contribution is -2.04. The van der Waals surface area contributed by atoms with Crippen LogP contribution in [0.3, 0.4) is 0 Å². The molecule has 0 unspecified atom stereocenters. The Morgan fingerprint density at radius 3 is 2.67 bits per heavy atom. The summed E-state index contributed by atoms with van der Waals surface area (Å²) in [7, 11) is 0. The SMILES string of the molecule is Cc1ccc(C(=O)C2=CCCC2)c(C)c1. The second-order valence-corrected chi connectivity index (χ2v) is 4.27. The van der Waals surface area contributed by atoms with Crippen molar-refractivity contribution in [3.8, 4) is 0 Å². The van der Waals surface area contributed by atoms with Gasteiger partial charge >= 0.3 is 0 Å². The number of carbonyl (C=O) groups is 1. The number of hydrogen-bond donors (Lipinski definition) is 0. The van der Waals surface area contributed by atoms with Gasteiger partial charge in [0, 0.05) is 5.56 Å². The van der Waals surface area contributed by atoms with E-state index in [-0.39, 0.29) is 5.78 Å². The molecule has 0 saturated heterocycles. The van der Waals surface area contributed by atoms with Crippen LogP contribution in [0.5, 0.6) is 0 Å². The molecule has 0 heterocycles. The smallest absolute Gasteiger partial charge is 0.188 e. The maximum atomic E-state index is 12.1.